The van der Waals surface area contributed by atoms with Crippen LogP contribution in [0.4, 0.5) is 5.69 Å². The highest BCUT2D eigenvalue weighted by Gasteiger charge is 2.15. The zero-order valence-electron chi connectivity index (χ0n) is 18.1. The molecule has 7 nitrogen and oxygen atoms in total. The van der Waals surface area contributed by atoms with Crippen molar-refractivity contribution in [1.29, 1.82) is 0 Å². The normalized spacial score (nSPS) is 13.8. The van der Waals surface area contributed by atoms with E-state index in [1.165, 1.54) is 5.56 Å². The topological polar surface area (TPSA) is 75.3 Å². The lowest BCUT2D eigenvalue weighted by atomic mass is 10.1. The molecular formula is C24H27Cl2N5O2. The van der Waals surface area contributed by atoms with Crippen molar-refractivity contribution in [2.24, 2.45) is 0 Å². The summed E-state index contributed by atoms with van der Waals surface area (Å²) in [6.45, 7) is 5.63. The molecule has 1 amide bonds. The van der Waals surface area contributed by atoms with E-state index in [9.17, 15) is 4.79 Å². The first-order valence-electron chi connectivity index (χ1n) is 10.6. The number of hydrogen-bond acceptors (Lipinski definition) is 5. The van der Waals surface area contributed by atoms with Crippen LogP contribution in [0.5, 0.6) is 0 Å². The summed E-state index contributed by atoms with van der Waals surface area (Å²) in [5.74, 6) is -0.189. The number of carbonyl (C=O) groups is 1. The van der Waals surface area contributed by atoms with Crippen LogP contribution < -0.4 is 10.6 Å². The van der Waals surface area contributed by atoms with Gasteiger partial charge in [0.2, 0.25) is 0 Å². The molecule has 9 heteroatoms. The van der Waals surface area contributed by atoms with Gasteiger partial charge in [-0.1, -0.05) is 30.3 Å². The molecule has 1 fully saturated rings. The van der Waals surface area contributed by atoms with Crippen LogP contribution in [0, 0.1) is 0 Å². The molecule has 174 valence electrons. The molecule has 0 spiro atoms. The summed E-state index contributed by atoms with van der Waals surface area (Å²) in [5.41, 5.74) is 4.32. The summed E-state index contributed by atoms with van der Waals surface area (Å²) in [6, 6.07) is 15.9. The second-order valence-electron chi connectivity index (χ2n) is 7.86. The van der Waals surface area contributed by atoms with Crippen molar-refractivity contribution in [2.75, 3.05) is 31.5 Å². The molecule has 5 rings (SSSR count). The molecule has 0 bridgehead atoms. The quantitative estimate of drug-likeness (QED) is 0.426. The molecule has 0 saturated carbocycles. The van der Waals surface area contributed by atoms with Gasteiger partial charge in [-0.15, -0.1) is 24.8 Å². The molecule has 0 aliphatic carbocycles. The van der Waals surface area contributed by atoms with Crippen LogP contribution >= 0.6 is 24.8 Å². The first-order valence-corrected chi connectivity index (χ1v) is 10.6. The number of piperazine rings is 1. The Bertz CT molecular complexity index is 1190. The van der Waals surface area contributed by atoms with E-state index in [0.717, 1.165) is 49.3 Å². The highest BCUT2D eigenvalue weighted by Crippen LogP contribution is 2.26. The van der Waals surface area contributed by atoms with E-state index in [0.29, 0.717) is 17.8 Å². The Balaban J connectivity index is 0.00000153. The molecule has 0 atom stereocenters. The average molecular weight is 488 g/mol. The predicted octanol–water partition coefficient (Wildman–Crippen LogP) is 4.18. The van der Waals surface area contributed by atoms with Gasteiger partial charge in [-0.2, -0.15) is 5.10 Å². The minimum absolute atomic E-state index is 0. The van der Waals surface area contributed by atoms with E-state index in [4.69, 9.17) is 4.42 Å². The van der Waals surface area contributed by atoms with E-state index in [2.05, 4.69) is 20.6 Å². The van der Waals surface area contributed by atoms with Gasteiger partial charge in [0.15, 0.2) is 0 Å². The maximum Gasteiger partial charge on any atom is 0.258 e. The Morgan fingerprint density at radius 1 is 1.06 bits per heavy atom. The molecule has 1 saturated heterocycles. The van der Waals surface area contributed by atoms with Crippen LogP contribution in [0.25, 0.3) is 11.0 Å². The van der Waals surface area contributed by atoms with Crippen molar-refractivity contribution in [2.45, 2.75) is 13.1 Å². The molecular weight excluding hydrogens is 461 g/mol. The Labute approximate surface area is 205 Å². The van der Waals surface area contributed by atoms with Crippen molar-refractivity contribution in [3.8, 4) is 0 Å². The third-order valence-corrected chi connectivity index (χ3v) is 5.60. The van der Waals surface area contributed by atoms with Crippen molar-refractivity contribution >= 4 is 47.4 Å². The summed E-state index contributed by atoms with van der Waals surface area (Å²) in [4.78, 5) is 15.1. The lowest BCUT2D eigenvalue weighted by Gasteiger charge is -2.26. The van der Waals surface area contributed by atoms with Gasteiger partial charge in [0.1, 0.15) is 5.58 Å². The van der Waals surface area contributed by atoms with Gasteiger partial charge in [0.25, 0.3) is 5.91 Å². The summed E-state index contributed by atoms with van der Waals surface area (Å²) < 4.78 is 7.55. The van der Waals surface area contributed by atoms with Crippen LogP contribution in [-0.2, 0) is 13.1 Å². The molecule has 2 N–H and O–H groups in total. The smallest absolute Gasteiger partial charge is 0.258 e. The number of hydrogen-bond donors (Lipinski definition) is 2. The highest BCUT2D eigenvalue weighted by molar-refractivity contribution is 6.04. The highest BCUT2D eigenvalue weighted by atomic mass is 35.5. The van der Waals surface area contributed by atoms with E-state index >= 15 is 0 Å². The molecule has 4 aromatic rings. The number of amides is 1. The molecule has 3 heterocycles. The fourth-order valence-corrected chi connectivity index (χ4v) is 3.93. The summed E-state index contributed by atoms with van der Waals surface area (Å²) in [5, 5.41) is 11.7. The van der Waals surface area contributed by atoms with Crippen molar-refractivity contribution in [1.82, 2.24) is 20.0 Å². The van der Waals surface area contributed by atoms with Crippen molar-refractivity contribution in [3.05, 3.63) is 83.9 Å². The largest absolute Gasteiger partial charge is 0.464 e. The second kappa shape index (κ2) is 11.3. The van der Waals surface area contributed by atoms with Crippen LogP contribution in [0.2, 0.25) is 0 Å². The maximum absolute atomic E-state index is 12.7. The summed E-state index contributed by atoms with van der Waals surface area (Å²) in [6.07, 6.45) is 5.18. The van der Waals surface area contributed by atoms with Gasteiger partial charge < -0.3 is 15.1 Å². The van der Waals surface area contributed by atoms with Gasteiger partial charge >= 0.3 is 0 Å². The number of benzene rings is 2. The number of fused-ring (bicyclic) bond motifs is 1. The predicted molar refractivity (Wildman–Crippen MR) is 135 cm³/mol. The van der Waals surface area contributed by atoms with Gasteiger partial charge in [0, 0.05) is 61.6 Å². The number of anilines is 1. The fraction of sp³-hybridized carbons (Fsp3) is 0.250. The van der Waals surface area contributed by atoms with E-state index in [-0.39, 0.29) is 30.7 Å². The first kappa shape index (κ1) is 24.8. The van der Waals surface area contributed by atoms with E-state index in [1.807, 2.05) is 54.8 Å². The zero-order chi connectivity index (χ0) is 21.0. The fourth-order valence-electron chi connectivity index (χ4n) is 3.93. The number of furan rings is 1. The minimum atomic E-state index is -0.189. The van der Waals surface area contributed by atoms with Crippen LogP contribution in [0.3, 0.4) is 0 Å². The third-order valence-electron chi connectivity index (χ3n) is 5.60. The van der Waals surface area contributed by atoms with Crippen molar-refractivity contribution in [3.63, 3.8) is 0 Å². The first-order chi connectivity index (χ1) is 15.2. The van der Waals surface area contributed by atoms with Gasteiger partial charge in [-0.05, 0) is 17.7 Å². The average Bonchev–Trinajstić information content (AvgIpc) is 3.42. The van der Waals surface area contributed by atoms with Gasteiger partial charge in [-0.3, -0.25) is 14.4 Å². The van der Waals surface area contributed by atoms with E-state index < -0.39 is 0 Å². The number of rotatable bonds is 6. The second-order valence-corrected chi connectivity index (χ2v) is 7.86. The number of aromatic nitrogens is 2. The van der Waals surface area contributed by atoms with Crippen LogP contribution in [0.1, 0.15) is 21.5 Å². The molecule has 1 aliphatic heterocycles. The molecule has 2 aromatic heterocycles. The number of nitrogens with one attached hydrogen (secondary N) is 2. The lowest BCUT2D eigenvalue weighted by Crippen LogP contribution is -2.42. The minimum Gasteiger partial charge on any atom is -0.464 e. The van der Waals surface area contributed by atoms with Gasteiger partial charge in [0.05, 0.1) is 24.6 Å². The summed E-state index contributed by atoms with van der Waals surface area (Å²) >= 11 is 0. The van der Waals surface area contributed by atoms with Crippen LogP contribution in [-0.4, -0.2) is 46.8 Å². The molecule has 1 aliphatic rings. The molecule has 2 aromatic carbocycles. The lowest BCUT2D eigenvalue weighted by molar-refractivity contribution is 0.102. The Morgan fingerprint density at radius 3 is 2.64 bits per heavy atom. The summed E-state index contributed by atoms with van der Waals surface area (Å²) in [7, 11) is 0. The SMILES string of the molecule is Cl.Cl.O=C(Nc1ccc2c(CN3CCNCC3)coc2c1)c1cnn(Cc2ccccc2)c1. The van der Waals surface area contributed by atoms with Crippen molar-refractivity contribution < 1.29 is 9.21 Å². The number of carbonyl (C=O) groups excluding carboxylic acids is 1. The molecule has 0 radical (unpaired) electrons. The van der Waals surface area contributed by atoms with E-state index in [1.54, 1.807) is 17.1 Å². The molecule has 0 unspecified atom stereocenters. The zero-order valence-corrected chi connectivity index (χ0v) is 19.7. The molecule has 33 heavy (non-hydrogen) atoms. The number of halogens is 2. The number of nitrogens with zero attached hydrogens (tertiary/aromatic N) is 3. The standard InChI is InChI=1S/C24H25N5O2.2ClH/c30-24(19-13-26-29(16-19)14-18-4-2-1-3-5-18)27-21-6-7-22-20(17-31-23(22)12-21)15-28-10-8-25-9-11-28;;/h1-7,12-13,16-17,25H,8-11,14-15H2,(H,27,30);2*1H. The monoisotopic (exact) mass is 487 g/mol. The Hall–Kier alpha value is -2.84. The Morgan fingerprint density at radius 2 is 1.85 bits per heavy atom. The maximum atomic E-state index is 12.7. The van der Waals surface area contributed by atoms with Gasteiger partial charge in [-0.25, -0.2) is 0 Å². The third kappa shape index (κ3) is 5.94. The van der Waals surface area contributed by atoms with Crippen LogP contribution in [0.15, 0.2) is 71.6 Å². The Kier molecular flexibility index (Phi) is 8.52.